The van der Waals surface area contributed by atoms with Crippen molar-refractivity contribution in [2.45, 2.75) is 0 Å². The summed E-state index contributed by atoms with van der Waals surface area (Å²) in [6.45, 7) is 3.89. The summed E-state index contributed by atoms with van der Waals surface area (Å²) >= 11 is 6.02. The van der Waals surface area contributed by atoms with Crippen LogP contribution in [0.4, 0.5) is 5.82 Å². The van der Waals surface area contributed by atoms with E-state index < -0.39 is 0 Å². The van der Waals surface area contributed by atoms with E-state index >= 15 is 0 Å². The van der Waals surface area contributed by atoms with Gasteiger partial charge in [0, 0.05) is 26.2 Å². The Labute approximate surface area is 104 Å². The van der Waals surface area contributed by atoms with E-state index in [1.165, 1.54) is 6.33 Å². The topological polar surface area (TPSA) is 53.9 Å². The summed E-state index contributed by atoms with van der Waals surface area (Å²) in [6.07, 6.45) is 1.46. The van der Waals surface area contributed by atoms with E-state index in [1.54, 1.807) is 0 Å². The number of hydrogen-bond acceptors (Lipinski definition) is 5. The van der Waals surface area contributed by atoms with E-state index in [2.05, 4.69) is 25.2 Å². The van der Waals surface area contributed by atoms with Gasteiger partial charge in [-0.05, 0) is 12.1 Å². The number of rotatable bonds is 1. The van der Waals surface area contributed by atoms with Crippen LogP contribution in [0, 0.1) is 0 Å². The lowest BCUT2D eigenvalue weighted by Gasteiger charge is -2.28. The fourth-order valence-corrected chi connectivity index (χ4v) is 2.15. The van der Waals surface area contributed by atoms with Crippen molar-refractivity contribution in [3.63, 3.8) is 0 Å². The van der Waals surface area contributed by atoms with E-state index in [0.29, 0.717) is 10.7 Å². The standard InChI is InChI=1S/C11H12ClN5/c12-11-10-8(14-7-15-11)1-2-9(16-10)17-5-3-13-4-6-17/h1-2,7,13H,3-6H2. The Morgan fingerprint density at radius 2 is 2.00 bits per heavy atom. The molecule has 0 radical (unpaired) electrons. The number of halogens is 1. The molecule has 1 N–H and O–H groups in total. The highest BCUT2D eigenvalue weighted by Gasteiger charge is 2.13. The molecule has 2 aromatic heterocycles. The van der Waals surface area contributed by atoms with Crippen LogP contribution in [-0.4, -0.2) is 41.1 Å². The van der Waals surface area contributed by atoms with E-state index in [1.807, 2.05) is 12.1 Å². The smallest absolute Gasteiger partial charge is 0.158 e. The Kier molecular flexibility index (Phi) is 2.78. The first-order chi connectivity index (χ1) is 8.34. The zero-order valence-corrected chi connectivity index (χ0v) is 9.98. The predicted molar refractivity (Wildman–Crippen MR) is 67.4 cm³/mol. The van der Waals surface area contributed by atoms with E-state index in [9.17, 15) is 0 Å². The van der Waals surface area contributed by atoms with E-state index in [-0.39, 0.29) is 0 Å². The van der Waals surface area contributed by atoms with Gasteiger partial charge >= 0.3 is 0 Å². The van der Waals surface area contributed by atoms with Crippen LogP contribution in [0.5, 0.6) is 0 Å². The molecule has 3 rings (SSSR count). The van der Waals surface area contributed by atoms with Crippen molar-refractivity contribution in [3.8, 4) is 0 Å². The highest BCUT2D eigenvalue weighted by Crippen LogP contribution is 2.21. The Balaban J connectivity index is 2.03. The second kappa shape index (κ2) is 4.43. The normalized spacial score (nSPS) is 16.4. The summed E-state index contributed by atoms with van der Waals surface area (Å²) in [5.74, 6) is 0.940. The Hall–Kier alpha value is -1.46. The molecular formula is C11H12ClN5. The van der Waals surface area contributed by atoms with Crippen LogP contribution in [0.25, 0.3) is 11.0 Å². The van der Waals surface area contributed by atoms with Gasteiger partial charge in [0.1, 0.15) is 17.7 Å². The molecule has 1 aliphatic heterocycles. The number of hydrogen-bond donors (Lipinski definition) is 1. The van der Waals surface area contributed by atoms with Crippen molar-refractivity contribution < 1.29 is 0 Å². The second-order valence-corrected chi connectivity index (χ2v) is 4.30. The Morgan fingerprint density at radius 3 is 2.82 bits per heavy atom. The number of anilines is 1. The molecular weight excluding hydrogens is 238 g/mol. The minimum Gasteiger partial charge on any atom is -0.354 e. The average molecular weight is 250 g/mol. The minimum absolute atomic E-state index is 0.409. The lowest BCUT2D eigenvalue weighted by atomic mass is 10.3. The van der Waals surface area contributed by atoms with Crippen molar-refractivity contribution in [1.82, 2.24) is 20.3 Å². The zero-order chi connectivity index (χ0) is 11.7. The Bertz CT molecular complexity index is 538. The molecule has 0 aliphatic carbocycles. The highest BCUT2D eigenvalue weighted by atomic mass is 35.5. The number of nitrogens with one attached hydrogen (secondary N) is 1. The number of piperazine rings is 1. The largest absolute Gasteiger partial charge is 0.354 e. The van der Waals surface area contributed by atoms with Crippen molar-refractivity contribution in [3.05, 3.63) is 23.6 Å². The fourth-order valence-electron chi connectivity index (χ4n) is 1.97. The molecule has 0 bridgehead atoms. The molecule has 0 saturated carbocycles. The Morgan fingerprint density at radius 1 is 1.18 bits per heavy atom. The van der Waals surface area contributed by atoms with Gasteiger partial charge in [0.2, 0.25) is 0 Å². The molecule has 5 nitrogen and oxygen atoms in total. The molecule has 17 heavy (non-hydrogen) atoms. The van der Waals surface area contributed by atoms with Crippen LogP contribution in [-0.2, 0) is 0 Å². The van der Waals surface area contributed by atoms with Crippen LogP contribution in [0.3, 0.4) is 0 Å². The molecule has 1 saturated heterocycles. The first kappa shape index (κ1) is 10.7. The van der Waals surface area contributed by atoms with Gasteiger partial charge in [-0.15, -0.1) is 0 Å². The molecule has 1 aliphatic rings. The zero-order valence-electron chi connectivity index (χ0n) is 9.23. The van der Waals surface area contributed by atoms with Crippen LogP contribution < -0.4 is 10.2 Å². The van der Waals surface area contributed by atoms with Crippen LogP contribution >= 0.6 is 11.6 Å². The molecule has 1 fully saturated rings. The third kappa shape index (κ3) is 2.03. The first-order valence-corrected chi connectivity index (χ1v) is 5.95. The molecule has 6 heteroatoms. The number of nitrogens with zero attached hydrogens (tertiary/aromatic N) is 4. The van der Waals surface area contributed by atoms with Gasteiger partial charge in [0.25, 0.3) is 0 Å². The quantitative estimate of drug-likeness (QED) is 0.767. The summed E-state index contributed by atoms with van der Waals surface area (Å²) in [5, 5.41) is 3.72. The first-order valence-electron chi connectivity index (χ1n) is 5.57. The van der Waals surface area contributed by atoms with Crippen molar-refractivity contribution in [1.29, 1.82) is 0 Å². The van der Waals surface area contributed by atoms with E-state index in [4.69, 9.17) is 11.6 Å². The maximum absolute atomic E-state index is 6.02. The fraction of sp³-hybridized carbons (Fsp3) is 0.364. The third-order valence-corrected chi connectivity index (χ3v) is 3.14. The summed E-state index contributed by atoms with van der Waals surface area (Å²) in [4.78, 5) is 14.9. The predicted octanol–water partition coefficient (Wildman–Crippen LogP) is 1.09. The maximum Gasteiger partial charge on any atom is 0.158 e. The second-order valence-electron chi connectivity index (χ2n) is 3.94. The number of aromatic nitrogens is 3. The van der Waals surface area contributed by atoms with Crippen LogP contribution in [0.15, 0.2) is 18.5 Å². The van der Waals surface area contributed by atoms with Gasteiger partial charge in [-0.1, -0.05) is 11.6 Å². The maximum atomic E-state index is 6.02. The lowest BCUT2D eigenvalue weighted by molar-refractivity contribution is 0.585. The van der Waals surface area contributed by atoms with Gasteiger partial charge in [-0.3, -0.25) is 0 Å². The molecule has 3 heterocycles. The summed E-state index contributed by atoms with van der Waals surface area (Å²) < 4.78 is 0. The van der Waals surface area contributed by atoms with Gasteiger partial charge in [0.15, 0.2) is 5.15 Å². The highest BCUT2D eigenvalue weighted by molar-refractivity contribution is 6.33. The van der Waals surface area contributed by atoms with Crippen molar-refractivity contribution in [2.24, 2.45) is 0 Å². The molecule has 0 aromatic carbocycles. The summed E-state index contributed by atoms with van der Waals surface area (Å²) in [5.41, 5.74) is 1.45. The van der Waals surface area contributed by atoms with Crippen LogP contribution in [0.1, 0.15) is 0 Å². The minimum atomic E-state index is 0.409. The monoisotopic (exact) mass is 249 g/mol. The van der Waals surface area contributed by atoms with Gasteiger partial charge < -0.3 is 10.2 Å². The molecule has 0 spiro atoms. The number of pyridine rings is 1. The lowest BCUT2D eigenvalue weighted by Crippen LogP contribution is -2.43. The SMILES string of the molecule is Clc1ncnc2ccc(N3CCNCC3)nc12. The molecule has 0 atom stereocenters. The van der Waals surface area contributed by atoms with Gasteiger partial charge in [0.05, 0.1) is 5.52 Å². The summed E-state index contributed by atoms with van der Waals surface area (Å²) in [7, 11) is 0. The molecule has 88 valence electrons. The molecule has 2 aromatic rings. The summed E-state index contributed by atoms with van der Waals surface area (Å²) in [6, 6.07) is 3.92. The van der Waals surface area contributed by atoms with Crippen LogP contribution in [0.2, 0.25) is 5.15 Å². The average Bonchev–Trinajstić information content (AvgIpc) is 2.40. The van der Waals surface area contributed by atoms with E-state index in [0.717, 1.165) is 37.5 Å². The number of fused-ring (bicyclic) bond motifs is 1. The molecule has 0 amide bonds. The van der Waals surface area contributed by atoms with Crippen molar-refractivity contribution >= 4 is 28.5 Å². The van der Waals surface area contributed by atoms with Gasteiger partial charge in [-0.2, -0.15) is 0 Å². The van der Waals surface area contributed by atoms with Gasteiger partial charge in [-0.25, -0.2) is 15.0 Å². The third-order valence-electron chi connectivity index (χ3n) is 2.86. The van der Waals surface area contributed by atoms with Crippen molar-refractivity contribution in [2.75, 3.05) is 31.1 Å². The molecule has 0 unspecified atom stereocenters.